The summed E-state index contributed by atoms with van der Waals surface area (Å²) in [6, 6.07) is 11.1. The van der Waals surface area contributed by atoms with E-state index in [0.717, 1.165) is 5.56 Å². The summed E-state index contributed by atoms with van der Waals surface area (Å²) in [4.78, 5) is 28.8. The number of benzene rings is 2. The van der Waals surface area contributed by atoms with Gasteiger partial charge < -0.3 is 9.47 Å². The quantitative estimate of drug-likeness (QED) is 0.330. The number of nitrogens with zero attached hydrogens (tertiary/aromatic N) is 3. The van der Waals surface area contributed by atoms with Crippen molar-refractivity contribution in [3.05, 3.63) is 80.1 Å². The van der Waals surface area contributed by atoms with E-state index >= 15 is 0 Å². The average molecular weight is 451 g/mol. The van der Waals surface area contributed by atoms with Crippen molar-refractivity contribution in [2.24, 2.45) is 0 Å². The zero-order chi connectivity index (χ0) is 22.7. The van der Waals surface area contributed by atoms with Gasteiger partial charge in [0.1, 0.15) is 5.82 Å². The van der Waals surface area contributed by atoms with Gasteiger partial charge in [-0.2, -0.15) is 9.50 Å². The first-order chi connectivity index (χ1) is 15.4. The van der Waals surface area contributed by atoms with E-state index in [2.05, 4.69) is 10.1 Å². The fraction of sp³-hybridized carbons (Fsp3) is 0.130. The van der Waals surface area contributed by atoms with Crippen LogP contribution in [-0.2, 0) is 4.79 Å². The predicted molar refractivity (Wildman–Crippen MR) is 120 cm³/mol. The molecule has 0 amide bonds. The van der Waals surface area contributed by atoms with Crippen molar-refractivity contribution in [3.63, 3.8) is 0 Å². The Hall–Kier alpha value is -3.85. The predicted octanol–water partition coefficient (Wildman–Crippen LogP) is 3.33. The Balaban J connectivity index is 1.64. The first-order valence-electron chi connectivity index (χ1n) is 9.73. The van der Waals surface area contributed by atoms with E-state index in [9.17, 15) is 14.0 Å². The standard InChI is InChI=1S/C23H18FN3O4S/c1-3-30-19-12-16(6-10-18(19)31-14(2)28)13-20-22(29)27-23(32-20)25-21(26-27)11-7-15-4-8-17(24)9-5-15/h4-13H,3H2,1-2H3/b11-7+,20-13+. The fourth-order valence-electron chi connectivity index (χ4n) is 2.94. The van der Waals surface area contributed by atoms with Gasteiger partial charge in [0.05, 0.1) is 11.1 Å². The minimum Gasteiger partial charge on any atom is -0.490 e. The Morgan fingerprint density at radius 3 is 2.56 bits per heavy atom. The van der Waals surface area contributed by atoms with Gasteiger partial charge in [-0.3, -0.25) is 9.59 Å². The summed E-state index contributed by atoms with van der Waals surface area (Å²) >= 11 is 1.21. The van der Waals surface area contributed by atoms with Gasteiger partial charge >= 0.3 is 5.97 Å². The summed E-state index contributed by atoms with van der Waals surface area (Å²) < 4.78 is 25.4. The van der Waals surface area contributed by atoms with Gasteiger partial charge in [0, 0.05) is 6.92 Å². The Labute approximate surface area is 186 Å². The third-order valence-electron chi connectivity index (χ3n) is 4.31. The highest BCUT2D eigenvalue weighted by molar-refractivity contribution is 7.15. The molecule has 2 aromatic heterocycles. The lowest BCUT2D eigenvalue weighted by molar-refractivity contribution is -0.132. The number of ether oxygens (including phenoxy) is 2. The van der Waals surface area contributed by atoms with E-state index in [-0.39, 0.29) is 11.4 Å². The molecule has 7 nitrogen and oxygen atoms in total. The summed E-state index contributed by atoms with van der Waals surface area (Å²) in [6.07, 6.45) is 5.12. The Kier molecular flexibility index (Phi) is 6.09. The molecule has 0 N–H and O–H groups in total. The summed E-state index contributed by atoms with van der Waals surface area (Å²) in [6.45, 7) is 3.54. The minimum absolute atomic E-state index is 0.291. The highest BCUT2D eigenvalue weighted by Crippen LogP contribution is 2.29. The van der Waals surface area contributed by atoms with Crippen molar-refractivity contribution in [2.45, 2.75) is 13.8 Å². The van der Waals surface area contributed by atoms with Crippen LogP contribution in [0.5, 0.6) is 11.5 Å². The molecular formula is C23H18FN3O4S. The van der Waals surface area contributed by atoms with Crippen LogP contribution < -0.4 is 19.6 Å². The van der Waals surface area contributed by atoms with Crippen LogP contribution in [0.4, 0.5) is 4.39 Å². The Morgan fingerprint density at radius 1 is 1.12 bits per heavy atom. The maximum atomic E-state index is 13.0. The topological polar surface area (TPSA) is 82.8 Å². The lowest BCUT2D eigenvalue weighted by Crippen LogP contribution is -2.23. The van der Waals surface area contributed by atoms with E-state index in [1.165, 1.54) is 34.9 Å². The van der Waals surface area contributed by atoms with Crippen LogP contribution in [0.15, 0.2) is 47.3 Å². The van der Waals surface area contributed by atoms with Crippen LogP contribution in [0.1, 0.15) is 30.8 Å². The molecule has 4 rings (SSSR count). The van der Waals surface area contributed by atoms with Gasteiger partial charge in [-0.25, -0.2) is 4.39 Å². The molecule has 0 spiro atoms. The normalized spacial score (nSPS) is 12.0. The number of fused-ring (bicyclic) bond motifs is 1. The molecule has 32 heavy (non-hydrogen) atoms. The van der Waals surface area contributed by atoms with Crippen molar-refractivity contribution in [1.82, 2.24) is 14.6 Å². The first-order valence-corrected chi connectivity index (χ1v) is 10.5. The van der Waals surface area contributed by atoms with Gasteiger partial charge in [0.25, 0.3) is 5.56 Å². The van der Waals surface area contributed by atoms with Crippen molar-refractivity contribution in [1.29, 1.82) is 0 Å². The van der Waals surface area contributed by atoms with Crippen molar-refractivity contribution in [2.75, 3.05) is 6.61 Å². The van der Waals surface area contributed by atoms with Crippen LogP contribution in [0.2, 0.25) is 0 Å². The number of carbonyl (C=O) groups is 1. The molecule has 0 radical (unpaired) electrons. The summed E-state index contributed by atoms with van der Waals surface area (Å²) in [7, 11) is 0. The molecule has 4 aromatic rings. The molecule has 0 atom stereocenters. The number of hydrogen-bond donors (Lipinski definition) is 0. The number of rotatable bonds is 6. The lowest BCUT2D eigenvalue weighted by atomic mass is 10.2. The molecule has 2 heterocycles. The number of aromatic nitrogens is 3. The minimum atomic E-state index is -0.445. The summed E-state index contributed by atoms with van der Waals surface area (Å²) in [5.41, 5.74) is 1.21. The molecule has 0 fully saturated rings. The third-order valence-corrected chi connectivity index (χ3v) is 5.27. The van der Waals surface area contributed by atoms with Crippen LogP contribution in [0, 0.1) is 5.82 Å². The van der Waals surface area contributed by atoms with E-state index in [1.807, 2.05) is 6.92 Å². The molecule has 0 aliphatic carbocycles. The second-order valence-corrected chi connectivity index (χ2v) is 7.71. The van der Waals surface area contributed by atoms with Gasteiger partial charge in [-0.05, 0) is 54.5 Å². The fourth-order valence-corrected chi connectivity index (χ4v) is 3.85. The van der Waals surface area contributed by atoms with Crippen molar-refractivity contribution < 1.29 is 18.7 Å². The maximum absolute atomic E-state index is 13.0. The smallest absolute Gasteiger partial charge is 0.308 e. The maximum Gasteiger partial charge on any atom is 0.308 e. The molecule has 0 saturated carbocycles. The number of thiazole rings is 1. The van der Waals surface area contributed by atoms with Gasteiger partial charge in [0.15, 0.2) is 17.3 Å². The van der Waals surface area contributed by atoms with Crippen LogP contribution in [0.25, 0.3) is 23.2 Å². The molecule has 0 bridgehead atoms. The number of halogens is 1. The molecular weight excluding hydrogens is 433 g/mol. The highest BCUT2D eigenvalue weighted by atomic mass is 32.1. The monoisotopic (exact) mass is 451 g/mol. The lowest BCUT2D eigenvalue weighted by Gasteiger charge is -2.10. The molecule has 0 aliphatic rings. The molecule has 162 valence electrons. The third kappa shape index (κ3) is 4.73. The molecule has 0 unspecified atom stereocenters. The Morgan fingerprint density at radius 2 is 1.88 bits per heavy atom. The second kappa shape index (κ2) is 9.11. The van der Waals surface area contributed by atoms with Gasteiger partial charge in [0.2, 0.25) is 4.96 Å². The van der Waals surface area contributed by atoms with E-state index in [1.54, 1.807) is 48.6 Å². The zero-order valence-corrected chi connectivity index (χ0v) is 18.1. The second-order valence-electron chi connectivity index (χ2n) is 6.70. The SMILES string of the molecule is CCOc1cc(/C=c2/sc3nc(/C=C/c4ccc(F)cc4)nn3c2=O)ccc1OC(C)=O. The number of carbonyl (C=O) groups excluding carboxylic acids is 1. The van der Waals surface area contributed by atoms with Gasteiger partial charge in [-0.1, -0.05) is 35.6 Å². The van der Waals surface area contributed by atoms with Crippen LogP contribution >= 0.6 is 11.3 Å². The number of esters is 1. The van der Waals surface area contributed by atoms with Crippen molar-refractivity contribution >= 4 is 40.5 Å². The molecule has 0 aliphatic heterocycles. The molecule has 9 heteroatoms. The van der Waals surface area contributed by atoms with Gasteiger partial charge in [-0.15, -0.1) is 5.10 Å². The highest BCUT2D eigenvalue weighted by Gasteiger charge is 2.11. The summed E-state index contributed by atoms with van der Waals surface area (Å²) in [5.74, 6) is 0.362. The zero-order valence-electron chi connectivity index (χ0n) is 17.2. The Bertz CT molecular complexity index is 1420. The van der Waals surface area contributed by atoms with E-state index in [4.69, 9.17) is 9.47 Å². The van der Waals surface area contributed by atoms with E-state index in [0.29, 0.717) is 39.0 Å². The van der Waals surface area contributed by atoms with Crippen LogP contribution in [-0.4, -0.2) is 27.2 Å². The van der Waals surface area contributed by atoms with Crippen molar-refractivity contribution in [3.8, 4) is 11.5 Å². The number of hydrogen-bond acceptors (Lipinski definition) is 7. The largest absolute Gasteiger partial charge is 0.490 e. The van der Waals surface area contributed by atoms with Crippen LogP contribution in [0.3, 0.4) is 0 Å². The van der Waals surface area contributed by atoms with E-state index < -0.39 is 5.97 Å². The summed E-state index contributed by atoms with van der Waals surface area (Å²) in [5, 5.41) is 4.24. The average Bonchev–Trinajstić information content (AvgIpc) is 3.28. The first kappa shape index (κ1) is 21.4. The molecule has 2 aromatic carbocycles. The molecule has 0 saturated heterocycles.